The van der Waals surface area contributed by atoms with E-state index in [0.29, 0.717) is 16.9 Å². The van der Waals surface area contributed by atoms with Crippen LogP contribution in [0.3, 0.4) is 0 Å². The molecule has 0 aliphatic carbocycles. The van der Waals surface area contributed by atoms with Crippen molar-refractivity contribution >= 4 is 17.6 Å². The van der Waals surface area contributed by atoms with Crippen LogP contribution >= 0.6 is 11.3 Å². The summed E-state index contributed by atoms with van der Waals surface area (Å²) in [6, 6.07) is 4.52. The van der Waals surface area contributed by atoms with Crippen molar-refractivity contribution in [1.82, 2.24) is 4.98 Å². The highest BCUT2D eigenvalue weighted by Gasteiger charge is 2.10. The van der Waals surface area contributed by atoms with Gasteiger partial charge < -0.3 is 0 Å². The van der Waals surface area contributed by atoms with Gasteiger partial charge in [0.1, 0.15) is 10.8 Å². The van der Waals surface area contributed by atoms with Crippen LogP contribution in [-0.4, -0.2) is 11.3 Å². The Labute approximate surface area is 84.0 Å². The fraction of sp³-hybridized carbons (Fsp3) is 0. The van der Waals surface area contributed by atoms with Crippen molar-refractivity contribution in [1.29, 1.82) is 0 Å². The first-order valence-electron chi connectivity index (χ1n) is 3.96. The monoisotopic (exact) mass is 207 g/mol. The number of carbonyl (C=O) groups is 1. The van der Waals surface area contributed by atoms with E-state index in [9.17, 15) is 9.18 Å². The molecule has 0 atom stereocenters. The minimum atomic E-state index is -0.507. The Morgan fingerprint density at radius 1 is 1.43 bits per heavy atom. The Hall–Kier alpha value is -1.55. The summed E-state index contributed by atoms with van der Waals surface area (Å²) in [6.45, 7) is 0. The van der Waals surface area contributed by atoms with Crippen LogP contribution in [0.2, 0.25) is 0 Å². The van der Waals surface area contributed by atoms with E-state index in [-0.39, 0.29) is 5.56 Å². The molecular formula is C10H6FNOS. The molecule has 2 rings (SSSR count). The maximum Gasteiger partial charge on any atom is 0.153 e. The number of carbonyl (C=O) groups excluding carboxylic acids is 1. The Morgan fingerprint density at radius 3 is 2.93 bits per heavy atom. The molecule has 0 saturated heterocycles. The van der Waals surface area contributed by atoms with Crippen LogP contribution in [0, 0.1) is 5.82 Å². The zero-order valence-electron chi connectivity index (χ0n) is 7.11. The number of halogens is 1. The normalized spacial score (nSPS) is 10.1. The second-order valence-corrected chi connectivity index (χ2v) is 3.55. The summed E-state index contributed by atoms with van der Waals surface area (Å²) in [7, 11) is 0. The number of thiazole rings is 1. The minimum absolute atomic E-state index is 0.0717. The third-order valence-electron chi connectivity index (χ3n) is 1.83. The lowest BCUT2D eigenvalue weighted by Crippen LogP contribution is -1.91. The van der Waals surface area contributed by atoms with Crippen molar-refractivity contribution in [3.05, 3.63) is 41.2 Å². The lowest BCUT2D eigenvalue weighted by atomic mass is 10.1. The van der Waals surface area contributed by atoms with Crippen molar-refractivity contribution in [2.24, 2.45) is 0 Å². The van der Waals surface area contributed by atoms with Gasteiger partial charge in [-0.15, -0.1) is 11.3 Å². The second kappa shape index (κ2) is 3.67. The fourth-order valence-electron chi connectivity index (χ4n) is 1.20. The highest BCUT2D eigenvalue weighted by atomic mass is 32.1. The van der Waals surface area contributed by atoms with Crippen LogP contribution in [-0.2, 0) is 0 Å². The summed E-state index contributed by atoms with van der Waals surface area (Å²) in [5.41, 5.74) is 0.623. The quantitative estimate of drug-likeness (QED) is 0.709. The van der Waals surface area contributed by atoms with Crippen LogP contribution in [0.5, 0.6) is 0 Å². The van der Waals surface area contributed by atoms with Gasteiger partial charge in [-0.1, -0.05) is 12.1 Å². The molecule has 1 aromatic heterocycles. The van der Waals surface area contributed by atoms with E-state index in [4.69, 9.17) is 0 Å². The lowest BCUT2D eigenvalue weighted by Gasteiger charge is -2.00. The van der Waals surface area contributed by atoms with Crippen molar-refractivity contribution in [3.63, 3.8) is 0 Å². The van der Waals surface area contributed by atoms with Crippen molar-refractivity contribution in [2.45, 2.75) is 0 Å². The zero-order valence-corrected chi connectivity index (χ0v) is 7.92. The number of aromatic nitrogens is 1. The van der Waals surface area contributed by atoms with Gasteiger partial charge in [0.05, 0.1) is 5.56 Å². The van der Waals surface area contributed by atoms with E-state index in [2.05, 4.69) is 4.98 Å². The van der Waals surface area contributed by atoms with Gasteiger partial charge in [-0.2, -0.15) is 0 Å². The summed E-state index contributed by atoms with van der Waals surface area (Å²) < 4.78 is 13.2. The highest BCUT2D eigenvalue weighted by molar-refractivity contribution is 7.13. The number of hydrogen-bond acceptors (Lipinski definition) is 3. The molecule has 0 saturated carbocycles. The highest BCUT2D eigenvalue weighted by Crippen LogP contribution is 2.25. The molecule has 1 heterocycles. The summed E-state index contributed by atoms with van der Waals surface area (Å²) in [6.07, 6.45) is 2.14. The van der Waals surface area contributed by atoms with Gasteiger partial charge >= 0.3 is 0 Å². The van der Waals surface area contributed by atoms with E-state index in [1.807, 2.05) is 0 Å². The van der Waals surface area contributed by atoms with Gasteiger partial charge in [0.2, 0.25) is 0 Å². The predicted octanol–water partition coefficient (Wildman–Crippen LogP) is 2.76. The predicted molar refractivity (Wildman–Crippen MR) is 52.9 cm³/mol. The molecule has 0 amide bonds. The van der Waals surface area contributed by atoms with Crippen LogP contribution in [0.15, 0.2) is 29.8 Å². The zero-order chi connectivity index (χ0) is 9.97. The van der Waals surface area contributed by atoms with Gasteiger partial charge in [0.25, 0.3) is 0 Å². The molecule has 2 aromatic rings. The first-order chi connectivity index (χ1) is 6.83. The Bertz CT molecular complexity index is 453. The van der Waals surface area contributed by atoms with Crippen LogP contribution in [0.25, 0.3) is 10.6 Å². The summed E-state index contributed by atoms with van der Waals surface area (Å²) in [5.74, 6) is -0.507. The Kier molecular flexibility index (Phi) is 2.37. The Morgan fingerprint density at radius 2 is 2.29 bits per heavy atom. The third kappa shape index (κ3) is 1.44. The maximum absolute atomic E-state index is 13.2. The molecule has 14 heavy (non-hydrogen) atoms. The third-order valence-corrected chi connectivity index (χ3v) is 2.64. The van der Waals surface area contributed by atoms with Crippen LogP contribution in [0.4, 0.5) is 4.39 Å². The van der Waals surface area contributed by atoms with Gasteiger partial charge in [0.15, 0.2) is 6.29 Å². The first kappa shape index (κ1) is 9.02. The number of hydrogen-bond donors (Lipinski definition) is 0. The molecule has 0 unspecified atom stereocenters. The molecule has 0 aliphatic rings. The molecular weight excluding hydrogens is 201 g/mol. The number of nitrogens with zero attached hydrogens (tertiary/aromatic N) is 1. The lowest BCUT2D eigenvalue weighted by molar-refractivity contribution is 0.112. The average molecular weight is 207 g/mol. The van der Waals surface area contributed by atoms with Gasteiger partial charge in [-0.05, 0) is 6.07 Å². The summed E-state index contributed by atoms with van der Waals surface area (Å²) in [5, 5.41) is 2.45. The standard InChI is InChI=1S/C10H6FNOS/c11-9-3-1-2-7(8(9)6-13)10-12-4-5-14-10/h1-6H. The topological polar surface area (TPSA) is 30.0 Å². The molecule has 0 spiro atoms. The largest absolute Gasteiger partial charge is 0.298 e. The first-order valence-corrected chi connectivity index (χ1v) is 4.84. The van der Waals surface area contributed by atoms with E-state index < -0.39 is 5.82 Å². The molecule has 0 radical (unpaired) electrons. The summed E-state index contributed by atoms with van der Waals surface area (Å²) >= 11 is 1.38. The Balaban J connectivity index is 2.64. The molecule has 0 fully saturated rings. The molecule has 70 valence electrons. The molecule has 0 bridgehead atoms. The van der Waals surface area contributed by atoms with Crippen molar-refractivity contribution in [2.75, 3.05) is 0 Å². The van der Waals surface area contributed by atoms with Crippen LogP contribution in [0.1, 0.15) is 10.4 Å². The minimum Gasteiger partial charge on any atom is -0.298 e. The number of aldehydes is 1. The SMILES string of the molecule is O=Cc1c(F)cccc1-c1nccs1. The molecule has 4 heteroatoms. The molecule has 1 aromatic carbocycles. The second-order valence-electron chi connectivity index (χ2n) is 2.66. The fourth-order valence-corrected chi connectivity index (χ4v) is 1.88. The van der Waals surface area contributed by atoms with E-state index in [1.54, 1.807) is 23.7 Å². The maximum atomic E-state index is 13.2. The smallest absolute Gasteiger partial charge is 0.153 e. The number of rotatable bonds is 2. The molecule has 0 N–H and O–H groups in total. The van der Waals surface area contributed by atoms with Gasteiger partial charge in [-0.25, -0.2) is 9.37 Å². The molecule has 0 aliphatic heterocycles. The van der Waals surface area contributed by atoms with E-state index in [1.165, 1.54) is 17.4 Å². The van der Waals surface area contributed by atoms with Crippen LogP contribution < -0.4 is 0 Å². The van der Waals surface area contributed by atoms with Gasteiger partial charge in [-0.3, -0.25) is 4.79 Å². The molecule has 2 nitrogen and oxygen atoms in total. The van der Waals surface area contributed by atoms with Gasteiger partial charge in [0, 0.05) is 17.1 Å². The average Bonchev–Trinajstić information content (AvgIpc) is 2.70. The van der Waals surface area contributed by atoms with Crippen molar-refractivity contribution < 1.29 is 9.18 Å². The van der Waals surface area contributed by atoms with E-state index in [0.717, 1.165) is 0 Å². The van der Waals surface area contributed by atoms with Crippen molar-refractivity contribution in [3.8, 4) is 10.6 Å². The number of benzene rings is 1. The van der Waals surface area contributed by atoms with E-state index >= 15 is 0 Å². The summed E-state index contributed by atoms with van der Waals surface area (Å²) in [4.78, 5) is 14.7.